The first-order valence-corrected chi connectivity index (χ1v) is 7.41. The van der Waals surface area contributed by atoms with Crippen molar-refractivity contribution in [3.8, 4) is 0 Å². The van der Waals surface area contributed by atoms with Gasteiger partial charge in [-0.2, -0.15) is 0 Å². The van der Waals surface area contributed by atoms with E-state index in [1.54, 1.807) is 13.0 Å². The number of hydrogen-bond donors (Lipinski definition) is 3. The van der Waals surface area contributed by atoms with Gasteiger partial charge in [-0.3, -0.25) is 4.79 Å². The van der Waals surface area contributed by atoms with Crippen LogP contribution in [-0.2, 0) is 4.74 Å². The summed E-state index contributed by atoms with van der Waals surface area (Å²) in [7, 11) is 0. The van der Waals surface area contributed by atoms with Gasteiger partial charge >= 0.3 is 6.03 Å². The fraction of sp³-hybridized carbons (Fsp3) is 0.375. The number of anilines is 1. The van der Waals surface area contributed by atoms with Crippen LogP contribution in [0.3, 0.4) is 0 Å². The molecule has 1 fully saturated rings. The standard InChI is InChI=1S/C16H19N3O3/c1-10-8-11-2-3-13(9-14(11)19-15(10)20)18-16(21)17-12-4-6-22-7-5-12/h2-3,8-9,12H,4-7H2,1H3,(H,19,20)(H2,17,18,21). The maximum atomic E-state index is 12.0. The van der Waals surface area contributed by atoms with Crippen LogP contribution in [0, 0.1) is 6.92 Å². The van der Waals surface area contributed by atoms with E-state index in [2.05, 4.69) is 15.6 Å². The molecule has 0 saturated carbocycles. The number of nitrogens with one attached hydrogen (secondary N) is 3. The summed E-state index contributed by atoms with van der Waals surface area (Å²) in [6, 6.07) is 7.21. The first-order valence-electron chi connectivity index (χ1n) is 7.41. The second-order valence-electron chi connectivity index (χ2n) is 5.57. The minimum atomic E-state index is -0.235. The lowest BCUT2D eigenvalue weighted by atomic mass is 10.1. The minimum absolute atomic E-state index is 0.115. The molecule has 0 spiro atoms. The lowest BCUT2D eigenvalue weighted by molar-refractivity contribution is 0.0806. The topological polar surface area (TPSA) is 83.2 Å². The van der Waals surface area contributed by atoms with E-state index in [0.717, 1.165) is 18.2 Å². The number of benzene rings is 1. The number of carbonyl (C=O) groups excluding carboxylic acids is 1. The van der Waals surface area contributed by atoms with Crippen LogP contribution in [0.5, 0.6) is 0 Å². The minimum Gasteiger partial charge on any atom is -0.381 e. The molecule has 6 heteroatoms. The number of fused-ring (bicyclic) bond motifs is 1. The van der Waals surface area contributed by atoms with Crippen molar-refractivity contribution in [1.82, 2.24) is 10.3 Å². The monoisotopic (exact) mass is 301 g/mol. The lowest BCUT2D eigenvalue weighted by Crippen LogP contribution is -2.41. The quantitative estimate of drug-likeness (QED) is 0.794. The molecule has 0 bridgehead atoms. The smallest absolute Gasteiger partial charge is 0.319 e. The summed E-state index contributed by atoms with van der Waals surface area (Å²) in [5, 5.41) is 6.67. The van der Waals surface area contributed by atoms with Gasteiger partial charge in [0.15, 0.2) is 0 Å². The third-order valence-corrected chi connectivity index (χ3v) is 3.85. The highest BCUT2D eigenvalue weighted by atomic mass is 16.5. The molecule has 1 aliphatic heterocycles. The Morgan fingerprint density at radius 2 is 2.05 bits per heavy atom. The summed E-state index contributed by atoms with van der Waals surface area (Å²) >= 11 is 0. The van der Waals surface area contributed by atoms with Crippen molar-refractivity contribution in [2.45, 2.75) is 25.8 Å². The highest BCUT2D eigenvalue weighted by Gasteiger charge is 2.16. The van der Waals surface area contributed by atoms with E-state index in [1.807, 2.05) is 18.2 Å². The third-order valence-electron chi connectivity index (χ3n) is 3.85. The highest BCUT2D eigenvalue weighted by Crippen LogP contribution is 2.17. The van der Waals surface area contributed by atoms with Gasteiger partial charge in [0.05, 0.1) is 5.52 Å². The maximum Gasteiger partial charge on any atom is 0.319 e. The molecule has 1 aromatic heterocycles. The Balaban J connectivity index is 1.71. The Hall–Kier alpha value is -2.34. The van der Waals surface area contributed by atoms with Crippen LogP contribution in [0.1, 0.15) is 18.4 Å². The molecule has 3 N–H and O–H groups in total. The van der Waals surface area contributed by atoms with Gasteiger partial charge in [-0.15, -0.1) is 0 Å². The molecule has 2 amide bonds. The third kappa shape index (κ3) is 3.28. The van der Waals surface area contributed by atoms with Crippen molar-refractivity contribution in [3.05, 3.63) is 40.2 Å². The van der Waals surface area contributed by atoms with E-state index in [-0.39, 0.29) is 17.6 Å². The Bertz CT molecular complexity index is 748. The normalized spacial score (nSPS) is 15.7. The Kier molecular flexibility index (Phi) is 4.11. The molecular formula is C16H19N3O3. The van der Waals surface area contributed by atoms with Crippen molar-refractivity contribution in [2.75, 3.05) is 18.5 Å². The van der Waals surface area contributed by atoms with Crippen molar-refractivity contribution in [3.63, 3.8) is 0 Å². The van der Waals surface area contributed by atoms with Gasteiger partial charge in [-0.1, -0.05) is 6.07 Å². The average molecular weight is 301 g/mol. The molecule has 6 nitrogen and oxygen atoms in total. The molecule has 1 aliphatic rings. The zero-order chi connectivity index (χ0) is 15.5. The summed E-state index contributed by atoms with van der Waals surface area (Å²) in [4.78, 5) is 26.5. The molecule has 0 unspecified atom stereocenters. The van der Waals surface area contributed by atoms with E-state index in [1.165, 1.54) is 0 Å². The van der Waals surface area contributed by atoms with Gasteiger partial charge in [-0.25, -0.2) is 4.79 Å². The van der Waals surface area contributed by atoms with E-state index in [4.69, 9.17) is 4.74 Å². The predicted octanol–water partition coefficient (Wildman–Crippen LogP) is 2.14. The summed E-state index contributed by atoms with van der Waals surface area (Å²) in [6.07, 6.45) is 1.66. The zero-order valence-corrected chi connectivity index (χ0v) is 12.4. The van der Waals surface area contributed by atoms with Gasteiger partial charge < -0.3 is 20.4 Å². The number of aryl methyl sites for hydroxylation is 1. The van der Waals surface area contributed by atoms with E-state index in [9.17, 15) is 9.59 Å². The van der Waals surface area contributed by atoms with E-state index in [0.29, 0.717) is 30.0 Å². The number of aromatic amines is 1. The van der Waals surface area contributed by atoms with Gasteiger partial charge in [0, 0.05) is 30.5 Å². The molecule has 2 heterocycles. The Morgan fingerprint density at radius 3 is 2.82 bits per heavy atom. The van der Waals surface area contributed by atoms with Crippen LogP contribution in [-0.4, -0.2) is 30.3 Å². The SMILES string of the molecule is Cc1cc2ccc(NC(=O)NC3CCOCC3)cc2[nH]c1=O. The summed E-state index contributed by atoms with van der Waals surface area (Å²) in [5.74, 6) is 0. The molecule has 0 radical (unpaired) electrons. The van der Waals surface area contributed by atoms with Crippen molar-refractivity contribution in [1.29, 1.82) is 0 Å². The van der Waals surface area contributed by atoms with E-state index < -0.39 is 0 Å². The Labute approximate surface area is 127 Å². The van der Waals surface area contributed by atoms with Crippen LogP contribution in [0.4, 0.5) is 10.5 Å². The first kappa shape index (κ1) is 14.6. The molecule has 3 rings (SSSR count). The van der Waals surface area contributed by atoms with E-state index >= 15 is 0 Å². The molecule has 2 aromatic rings. The van der Waals surface area contributed by atoms with Gasteiger partial charge in [0.1, 0.15) is 0 Å². The summed E-state index contributed by atoms with van der Waals surface area (Å²) in [6.45, 7) is 3.13. The van der Waals surface area contributed by atoms with Crippen LogP contribution in [0.15, 0.2) is 29.1 Å². The number of H-pyrrole nitrogens is 1. The van der Waals surface area contributed by atoms with Crippen molar-refractivity contribution >= 4 is 22.6 Å². The molecule has 116 valence electrons. The number of hydrogen-bond acceptors (Lipinski definition) is 3. The number of amides is 2. The van der Waals surface area contributed by atoms with Gasteiger partial charge in [-0.05, 0) is 43.4 Å². The highest BCUT2D eigenvalue weighted by molar-refractivity contribution is 5.92. The van der Waals surface area contributed by atoms with Crippen molar-refractivity contribution in [2.24, 2.45) is 0 Å². The molecule has 1 aromatic carbocycles. The fourth-order valence-corrected chi connectivity index (χ4v) is 2.58. The molecule has 0 aliphatic carbocycles. The number of carbonyl (C=O) groups is 1. The van der Waals surface area contributed by atoms with Crippen LogP contribution >= 0.6 is 0 Å². The van der Waals surface area contributed by atoms with Crippen LogP contribution in [0.25, 0.3) is 10.9 Å². The second-order valence-corrected chi connectivity index (χ2v) is 5.57. The maximum absolute atomic E-state index is 12.0. The van der Waals surface area contributed by atoms with Crippen LogP contribution < -0.4 is 16.2 Å². The fourth-order valence-electron chi connectivity index (χ4n) is 2.58. The molecule has 22 heavy (non-hydrogen) atoms. The number of pyridine rings is 1. The lowest BCUT2D eigenvalue weighted by Gasteiger charge is -2.23. The first-order chi connectivity index (χ1) is 10.6. The van der Waals surface area contributed by atoms with Gasteiger partial charge in [0.2, 0.25) is 0 Å². The Morgan fingerprint density at radius 1 is 1.27 bits per heavy atom. The predicted molar refractivity (Wildman–Crippen MR) is 85.3 cm³/mol. The van der Waals surface area contributed by atoms with Crippen LogP contribution in [0.2, 0.25) is 0 Å². The summed E-state index contributed by atoms with van der Waals surface area (Å²) < 4.78 is 5.26. The number of ether oxygens (including phenoxy) is 1. The number of aromatic nitrogens is 1. The molecule has 0 atom stereocenters. The molecular weight excluding hydrogens is 282 g/mol. The average Bonchev–Trinajstić information content (AvgIpc) is 2.49. The number of urea groups is 1. The van der Waals surface area contributed by atoms with Gasteiger partial charge in [0.25, 0.3) is 5.56 Å². The number of rotatable bonds is 2. The largest absolute Gasteiger partial charge is 0.381 e. The summed E-state index contributed by atoms with van der Waals surface area (Å²) in [5.41, 5.74) is 1.91. The van der Waals surface area contributed by atoms with Crippen molar-refractivity contribution < 1.29 is 9.53 Å². The zero-order valence-electron chi connectivity index (χ0n) is 12.4. The molecule has 1 saturated heterocycles. The second kappa shape index (κ2) is 6.19.